The van der Waals surface area contributed by atoms with Gasteiger partial charge in [-0.25, -0.2) is 9.71 Å². The summed E-state index contributed by atoms with van der Waals surface area (Å²) in [6.45, 7) is 1.17. The summed E-state index contributed by atoms with van der Waals surface area (Å²) in [5.41, 5.74) is 8.58. The largest absolute Gasteiger partial charge is 0.507 e. The van der Waals surface area contributed by atoms with Crippen molar-refractivity contribution in [2.45, 2.75) is 31.5 Å². The van der Waals surface area contributed by atoms with Crippen molar-refractivity contribution in [3.8, 4) is 23.0 Å². The van der Waals surface area contributed by atoms with Gasteiger partial charge < -0.3 is 25.8 Å². The number of para-hydroxylation sites is 1. The lowest BCUT2D eigenvalue weighted by Crippen LogP contribution is -2.37. The SMILES string of the molecule is Cc1ccccc1-c1cn(-c2nc(N)c3ncn([C@@H]4O[C@H](COS(=O)(=O)NC(=O)c5ccccc5O)[C@@H](O)[C@H]4O)c3n2)nn1. The number of imidazole rings is 1. The molecule has 5 aromatic rings. The Bertz CT molecular complexity index is 1980. The zero-order chi connectivity index (χ0) is 31.2. The van der Waals surface area contributed by atoms with Crippen molar-refractivity contribution >= 4 is 33.2 Å². The predicted octanol–water partition coefficient (Wildman–Crippen LogP) is -0.0192. The lowest BCUT2D eigenvalue weighted by Gasteiger charge is -2.16. The van der Waals surface area contributed by atoms with Gasteiger partial charge in [0.2, 0.25) is 0 Å². The van der Waals surface area contributed by atoms with Crippen LogP contribution in [0.5, 0.6) is 5.75 Å². The number of nitrogen functional groups attached to an aromatic ring is 1. The second-order valence-electron chi connectivity index (χ2n) is 9.83. The fourth-order valence-corrected chi connectivity index (χ4v) is 5.39. The maximum atomic E-state index is 12.4. The van der Waals surface area contributed by atoms with Crippen LogP contribution in [-0.4, -0.2) is 89.1 Å². The number of anilines is 1. The van der Waals surface area contributed by atoms with Crippen LogP contribution >= 0.6 is 0 Å². The van der Waals surface area contributed by atoms with Crippen molar-refractivity contribution < 1.29 is 37.5 Å². The Hall–Kier alpha value is -5.01. The zero-order valence-electron chi connectivity index (χ0n) is 22.8. The van der Waals surface area contributed by atoms with Crippen LogP contribution in [0.25, 0.3) is 28.4 Å². The highest BCUT2D eigenvalue weighted by atomic mass is 32.2. The molecule has 1 saturated heterocycles. The summed E-state index contributed by atoms with van der Waals surface area (Å²) in [6.07, 6.45) is -2.92. The average molecular weight is 624 g/mol. The first kappa shape index (κ1) is 29.1. The standard InChI is InChI=1S/C26H25N9O8S/c1-13-6-2-3-7-14(13)16-10-35(33-31-16)26-29-22(27)19-23(30-26)34(12-28-19)25-21(38)20(37)18(43-25)11-42-44(40,41)32-24(39)15-8-4-5-9-17(15)36/h2-10,12,18,20-21,25,36-38H,11H2,1H3,(H,32,39)(H2,27,29,30)/t18-,20-,21-,25-/m1/s1. The van der Waals surface area contributed by atoms with Gasteiger partial charge in [-0.15, -0.1) is 5.10 Å². The molecular formula is C26H25N9O8S. The molecule has 17 nitrogen and oxygen atoms in total. The lowest BCUT2D eigenvalue weighted by atomic mass is 10.1. The number of carbonyl (C=O) groups is 1. The molecule has 1 fully saturated rings. The highest BCUT2D eigenvalue weighted by Crippen LogP contribution is 2.33. The monoisotopic (exact) mass is 623 g/mol. The first-order valence-electron chi connectivity index (χ1n) is 13.0. The van der Waals surface area contributed by atoms with E-state index in [1.807, 2.05) is 31.2 Å². The van der Waals surface area contributed by atoms with Crippen LogP contribution in [-0.2, 0) is 19.2 Å². The molecule has 18 heteroatoms. The van der Waals surface area contributed by atoms with Gasteiger partial charge in [0.15, 0.2) is 17.7 Å². The highest BCUT2D eigenvalue weighted by Gasteiger charge is 2.45. The van der Waals surface area contributed by atoms with E-state index in [2.05, 4.69) is 25.3 Å². The number of aryl methyl sites for hydroxylation is 1. The number of rotatable bonds is 8. The first-order chi connectivity index (χ1) is 21.0. The van der Waals surface area contributed by atoms with E-state index in [4.69, 9.17) is 14.7 Å². The smallest absolute Gasteiger partial charge is 0.362 e. The van der Waals surface area contributed by atoms with Crippen LogP contribution in [0.4, 0.5) is 5.82 Å². The minimum Gasteiger partial charge on any atom is -0.507 e. The molecule has 0 saturated carbocycles. The quantitative estimate of drug-likeness (QED) is 0.153. The molecule has 0 radical (unpaired) electrons. The van der Waals surface area contributed by atoms with E-state index < -0.39 is 53.1 Å². The number of aromatic nitrogens is 7. The zero-order valence-corrected chi connectivity index (χ0v) is 23.6. The van der Waals surface area contributed by atoms with Crippen molar-refractivity contribution in [2.24, 2.45) is 0 Å². The van der Waals surface area contributed by atoms with Crippen LogP contribution in [0.3, 0.4) is 0 Å². The number of amides is 1. The molecule has 6 N–H and O–H groups in total. The number of hydrogen-bond acceptors (Lipinski definition) is 14. The van der Waals surface area contributed by atoms with Crippen LogP contribution in [0.1, 0.15) is 22.1 Å². The van der Waals surface area contributed by atoms with Crippen LogP contribution in [0.15, 0.2) is 61.1 Å². The van der Waals surface area contributed by atoms with E-state index in [-0.39, 0.29) is 28.5 Å². The van der Waals surface area contributed by atoms with Gasteiger partial charge in [-0.3, -0.25) is 13.5 Å². The first-order valence-corrected chi connectivity index (χ1v) is 14.4. The third kappa shape index (κ3) is 5.42. The number of fused-ring (bicyclic) bond motifs is 1. The summed E-state index contributed by atoms with van der Waals surface area (Å²) in [4.78, 5) is 25.2. The van der Waals surface area contributed by atoms with Gasteiger partial charge in [-0.05, 0) is 24.6 Å². The second kappa shape index (κ2) is 11.2. The van der Waals surface area contributed by atoms with Gasteiger partial charge in [0.1, 0.15) is 35.3 Å². The molecule has 2 aromatic carbocycles. The Labute approximate surface area is 248 Å². The number of ether oxygens (including phenoxy) is 1. The van der Waals surface area contributed by atoms with E-state index in [1.165, 1.54) is 39.8 Å². The average Bonchev–Trinajstić information content (AvgIpc) is 3.71. The summed E-state index contributed by atoms with van der Waals surface area (Å²) < 4.78 is 39.6. The molecule has 6 rings (SSSR count). The van der Waals surface area contributed by atoms with Gasteiger partial charge in [-0.2, -0.15) is 23.1 Å². The number of aliphatic hydroxyl groups excluding tert-OH is 2. The molecule has 44 heavy (non-hydrogen) atoms. The molecular weight excluding hydrogens is 598 g/mol. The van der Waals surface area contributed by atoms with Gasteiger partial charge >= 0.3 is 10.3 Å². The summed E-state index contributed by atoms with van der Waals surface area (Å²) >= 11 is 0. The number of carbonyl (C=O) groups excluding carboxylic acids is 1. The number of nitrogens with zero attached hydrogens (tertiary/aromatic N) is 7. The molecule has 0 bridgehead atoms. The maximum Gasteiger partial charge on any atom is 0.362 e. The fraction of sp³-hybridized carbons (Fsp3) is 0.231. The Kier molecular flexibility index (Phi) is 7.43. The van der Waals surface area contributed by atoms with Gasteiger partial charge in [0, 0.05) is 5.56 Å². The van der Waals surface area contributed by atoms with Crippen molar-refractivity contribution in [1.82, 2.24) is 39.2 Å². The topological polar surface area (TPSA) is 243 Å². The normalized spacial score (nSPS) is 20.2. The Morgan fingerprint density at radius 1 is 1.11 bits per heavy atom. The predicted molar refractivity (Wildman–Crippen MR) is 151 cm³/mol. The van der Waals surface area contributed by atoms with Crippen molar-refractivity contribution in [1.29, 1.82) is 0 Å². The number of nitrogens with two attached hydrogens (primary N) is 1. The molecule has 1 aliphatic rings. The molecule has 4 heterocycles. The summed E-state index contributed by atoms with van der Waals surface area (Å²) in [6, 6.07) is 12.9. The molecule has 0 unspecified atom stereocenters. The third-order valence-corrected chi connectivity index (χ3v) is 7.80. The number of hydrogen-bond donors (Lipinski definition) is 5. The van der Waals surface area contributed by atoms with E-state index in [0.717, 1.165) is 11.1 Å². The second-order valence-corrected chi connectivity index (χ2v) is 11.2. The Morgan fingerprint density at radius 3 is 2.64 bits per heavy atom. The highest BCUT2D eigenvalue weighted by molar-refractivity contribution is 7.85. The summed E-state index contributed by atoms with van der Waals surface area (Å²) in [5.74, 6) is -1.53. The number of benzene rings is 2. The minimum atomic E-state index is -4.70. The fourth-order valence-electron chi connectivity index (χ4n) is 4.68. The van der Waals surface area contributed by atoms with Crippen molar-refractivity contribution in [2.75, 3.05) is 12.3 Å². The number of phenolic OH excluding ortho intramolecular Hbond substituents is 1. The molecule has 0 aliphatic carbocycles. The molecule has 228 valence electrons. The van der Waals surface area contributed by atoms with Gasteiger partial charge in [0.05, 0.1) is 24.7 Å². The van der Waals surface area contributed by atoms with Crippen LogP contribution in [0.2, 0.25) is 0 Å². The summed E-state index contributed by atoms with van der Waals surface area (Å²) in [5, 5.41) is 39.5. The van der Waals surface area contributed by atoms with E-state index in [1.54, 1.807) is 10.9 Å². The number of aromatic hydroxyl groups is 1. The van der Waals surface area contributed by atoms with Crippen LogP contribution < -0.4 is 10.5 Å². The van der Waals surface area contributed by atoms with Crippen molar-refractivity contribution in [3.05, 3.63) is 72.2 Å². The number of phenols is 1. The lowest BCUT2D eigenvalue weighted by molar-refractivity contribution is -0.0468. The molecule has 0 spiro atoms. The van der Waals surface area contributed by atoms with Gasteiger partial charge in [-0.1, -0.05) is 41.6 Å². The Balaban J connectivity index is 1.20. The number of nitrogens with one attached hydrogen (secondary N) is 1. The number of aliphatic hydroxyl groups is 2. The van der Waals surface area contributed by atoms with E-state index in [0.29, 0.717) is 5.69 Å². The van der Waals surface area contributed by atoms with Gasteiger partial charge in [0.25, 0.3) is 11.9 Å². The minimum absolute atomic E-state index is 0.00380. The van der Waals surface area contributed by atoms with E-state index >= 15 is 0 Å². The third-order valence-electron chi connectivity index (χ3n) is 6.92. The van der Waals surface area contributed by atoms with Crippen molar-refractivity contribution in [3.63, 3.8) is 0 Å². The Morgan fingerprint density at radius 2 is 1.86 bits per heavy atom. The maximum absolute atomic E-state index is 12.4. The van der Waals surface area contributed by atoms with E-state index in [9.17, 15) is 28.5 Å². The molecule has 4 atom stereocenters. The van der Waals surface area contributed by atoms with Crippen LogP contribution in [0, 0.1) is 6.92 Å². The molecule has 1 aliphatic heterocycles. The molecule has 1 amide bonds. The summed E-state index contributed by atoms with van der Waals surface area (Å²) in [7, 11) is -4.70. The molecule has 3 aromatic heterocycles.